The fourth-order valence-corrected chi connectivity index (χ4v) is 1.63. The van der Waals surface area contributed by atoms with E-state index in [-0.39, 0.29) is 5.69 Å². The van der Waals surface area contributed by atoms with Gasteiger partial charge in [-0.2, -0.15) is 5.10 Å². The maximum absolute atomic E-state index is 10.9. The Labute approximate surface area is 104 Å². The lowest BCUT2D eigenvalue weighted by Crippen LogP contribution is -2.03. The van der Waals surface area contributed by atoms with Gasteiger partial charge in [-0.25, -0.2) is 4.68 Å². The molecular weight excluding hydrogens is 232 g/mol. The van der Waals surface area contributed by atoms with E-state index in [0.717, 1.165) is 18.7 Å². The summed E-state index contributed by atoms with van der Waals surface area (Å²) in [6, 6.07) is 6.65. The zero-order valence-corrected chi connectivity index (χ0v) is 10.0. The SMILES string of the molecule is CCCNc1cc(-n2cccn2)cc([N+](=O)[O-])c1. The highest BCUT2D eigenvalue weighted by Crippen LogP contribution is 2.23. The number of aromatic nitrogens is 2. The van der Waals surface area contributed by atoms with Gasteiger partial charge in [0.05, 0.1) is 10.6 Å². The smallest absolute Gasteiger partial charge is 0.273 e. The molecular formula is C12H14N4O2. The van der Waals surface area contributed by atoms with Crippen molar-refractivity contribution in [3.8, 4) is 5.69 Å². The summed E-state index contributed by atoms with van der Waals surface area (Å²) in [6.07, 6.45) is 4.35. The highest BCUT2D eigenvalue weighted by Gasteiger charge is 2.10. The maximum Gasteiger partial charge on any atom is 0.273 e. The van der Waals surface area contributed by atoms with Crippen molar-refractivity contribution in [2.45, 2.75) is 13.3 Å². The molecule has 0 saturated heterocycles. The van der Waals surface area contributed by atoms with Gasteiger partial charge in [-0.05, 0) is 18.6 Å². The van der Waals surface area contributed by atoms with Gasteiger partial charge in [-0.15, -0.1) is 0 Å². The van der Waals surface area contributed by atoms with Crippen LogP contribution < -0.4 is 5.32 Å². The van der Waals surface area contributed by atoms with Crippen LogP contribution in [0.5, 0.6) is 0 Å². The summed E-state index contributed by atoms with van der Waals surface area (Å²) in [5.41, 5.74) is 1.46. The molecule has 0 saturated carbocycles. The van der Waals surface area contributed by atoms with Crippen LogP contribution in [0.4, 0.5) is 11.4 Å². The number of anilines is 1. The molecule has 2 rings (SSSR count). The van der Waals surface area contributed by atoms with Crippen LogP contribution in [-0.2, 0) is 0 Å². The Morgan fingerprint density at radius 3 is 2.89 bits per heavy atom. The van der Waals surface area contributed by atoms with Gasteiger partial charge in [0, 0.05) is 36.8 Å². The lowest BCUT2D eigenvalue weighted by Gasteiger charge is -2.08. The largest absolute Gasteiger partial charge is 0.385 e. The highest BCUT2D eigenvalue weighted by atomic mass is 16.6. The van der Waals surface area contributed by atoms with Crippen LogP contribution in [0, 0.1) is 10.1 Å². The van der Waals surface area contributed by atoms with Crippen molar-refractivity contribution in [3.05, 3.63) is 46.8 Å². The van der Waals surface area contributed by atoms with Gasteiger partial charge < -0.3 is 5.32 Å². The molecule has 2 aromatic rings. The van der Waals surface area contributed by atoms with Crippen LogP contribution >= 0.6 is 0 Å². The quantitative estimate of drug-likeness (QED) is 0.650. The summed E-state index contributed by atoms with van der Waals surface area (Å²) in [5.74, 6) is 0. The van der Waals surface area contributed by atoms with Crippen molar-refractivity contribution in [1.29, 1.82) is 0 Å². The number of rotatable bonds is 5. The van der Waals surface area contributed by atoms with Crippen LogP contribution in [0.1, 0.15) is 13.3 Å². The second-order valence-electron chi connectivity index (χ2n) is 3.87. The second kappa shape index (κ2) is 5.31. The van der Waals surface area contributed by atoms with E-state index in [4.69, 9.17) is 0 Å². The molecule has 0 aliphatic heterocycles. The van der Waals surface area contributed by atoms with Crippen molar-refractivity contribution in [2.24, 2.45) is 0 Å². The summed E-state index contributed by atoms with van der Waals surface area (Å²) < 4.78 is 1.60. The summed E-state index contributed by atoms with van der Waals surface area (Å²) in [4.78, 5) is 10.5. The van der Waals surface area contributed by atoms with Crippen LogP contribution in [0.2, 0.25) is 0 Å². The molecule has 0 amide bonds. The van der Waals surface area contributed by atoms with E-state index in [9.17, 15) is 10.1 Å². The topological polar surface area (TPSA) is 73.0 Å². The third kappa shape index (κ3) is 2.65. The second-order valence-corrected chi connectivity index (χ2v) is 3.87. The Balaban J connectivity index is 2.40. The van der Waals surface area contributed by atoms with E-state index in [0.29, 0.717) is 5.69 Å². The third-order valence-corrected chi connectivity index (χ3v) is 2.46. The number of hydrogen-bond donors (Lipinski definition) is 1. The minimum absolute atomic E-state index is 0.0570. The van der Waals surface area contributed by atoms with E-state index in [2.05, 4.69) is 10.4 Å². The average molecular weight is 246 g/mol. The molecule has 1 aromatic heterocycles. The molecule has 18 heavy (non-hydrogen) atoms. The summed E-state index contributed by atoms with van der Waals surface area (Å²) >= 11 is 0. The lowest BCUT2D eigenvalue weighted by molar-refractivity contribution is -0.384. The molecule has 1 heterocycles. The molecule has 94 valence electrons. The molecule has 0 spiro atoms. The summed E-state index contributed by atoms with van der Waals surface area (Å²) in [5, 5.41) is 18.1. The lowest BCUT2D eigenvalue weighted by atomic mass is 10.2. The standard InChI is InChI=1S/C12H14N4O2/c1-2-4-13-10-7-11(15-6-3-5-14-15)9-12(8-10)16(17)18/h3,5-9,13H,2,4H2,1H3. The minimum Gasteiger partial charge on any atom is -0.385 e. The predicted molar refractivity (Wildman–Crippen MR) is 69.0 cm³/mol. The summed E-state index contributed by atoms with van der Waals surface area (Å²) in [6.45, 7) is 2.82. The first-order valence-corrected chi connectivity index (χ1v) is 5.74. The van der Waals surface area contributed by atoms with Crippen LogP contribution in [0.25, 0.3) is 5.69 Å². The fourth-order valence-electron chi connectivity index (χ4n) is 1.63. The van der Waals surface area contributed by atoms with Gasteiger partial charge in [-0.1, -0.05) is 6.92 Å². The van der Waals surface area contributed by atoms with Crippen molar-refractivity contribution < 1.29 is 4.92 Å². The fraction of sp³-hybridized carbons (Fsp3) is 0.250. The number of nitrogens with one attached hydrogen (secondary N) is 1. The number of non-ortho nitro benzene ring substituents is 1. The molecule has 0 atom stereocenters. The first-order chi connectivity index (χ1) is 8.70. The number of nitrogens with zero attached hydrogens (tertiary/aromatic N) is 3. The van der Waals surface area contributed by atoms with E-state index in [1.807, 2.05) is 13.0 Å². The number of hydrogen-bond acceptors (Lipinski definition) is 4. The zero-order valence-electron chi connectivity index (χ0n) is 10.0. The van der Waals surface area contributed by atoms with Gasteiger partial charge in [0.25, 0.3) is 5.69 Å². The molecule has 6 heteroatoms. The molecule has 1 N–H and O–H groups in total. The molecule has 0 radical (unpaired) electrons. The van der Waals surface area contributed by atoms with E-state index in [1.54, 1.807) is 23.1 Å². The van der Waals surface area contributed by atoms with Crippen molar-refractivity contribution in [2.75, 3.05) is 11.9 Å². The van der Waals surface area contributed by atoms with E-state index >= 15 is 0 Å². The first kappa shape index (κ1) is 12.1. The molecule has 0 unspecified atom stereocenters. The number of benzene rings is 1. The Kier molecular flexibility index (Phi) is 3.57. The summed E-state index contributed by atoms with van der Waals surface area (Å²) in [7, 11) is 0. The molecule has 0 aliphatic rings. The third-order valence-electron chi connectivity index (χ3n) is 2.46. The van der Waals surface area contributed by atoms with Crippen LogP contribution in [0.3, 0.4) is 0 Å². The van der Waals surface area contributed by atoms with Crippen molar-refractivity contribution in [3.63, 3.8) is 0 Å². The van der Waals surface area contributed by atoms with Crippen LogP contribution in [-0.4, -0.2) is 21.2 Å². The first-order valence-electron chi connectivity index (χ1n) is 5.74. The van der Waals surface area contributed by atoms with Gasteiger partial charge in [0.15, 0.2) is 0 Å². The zero-order chi connectivity index (χ0) is 13.0. The number of nitro groups is 1. The minimum atomic E-state index is -0.399. The van der Waals surface area contributed by atoms with Gasteiger partial charge in [0.1, 0.15) is 0 Å². The number of nitro benzene ring substituents is 1. The Morgan fingerprint density at radius 1 is 1.44 bits per heavy atom. The van der Waals surface area contributed by atoms with Crippen LogP contribution in [0.15, 0.2) is 36.7 Å². The molecule has 0 bridgehead atoms. The van der Waals surface area contributed by atoms with E-state index in [1.165, 1.54) is 12.1 Å². The molecule has 0 aliphatic carbocycles. The maximum atomic E-state index is 10.9. The van der Waals surface area contributed by atoms with Crippen molar-refractivity contribution in [1.82, 2.24) is 9.78 Å². The van der Waals surface area contributed by atoms with Gasteiger partial charge in [0.2, 0.25) is 0 Å². The Morgan fingerprint density at radius 2 is 2.28 bits per heavy atom. The normalized spacial score (nSPS) is 10.3. The molecule has 1 aromatic carbocycles. The van der Waals surface area contributed by atoms with Gasteiger partial charge >= 0.3 is 0 Å². The average Bonchev–Trinajstić information content (AvgIpc) is 2.89. The highest BCUT2D eigenvalue weighted by molar-refractivity contribution is 5.58. The Bertz CT molecular complexity index is 537. The molecule has 0 fully saturated rings. The Hall–Kier alpha value is -2.37. The van der Waals surface area contributed by atoms with E-state index < -0.39 is 4.92 Å². The van der Waals surface area contributed by atoms with Gasteiger partial charge in [-0.3, -0.25) is 10.1 Å². The van der Waals surface area contributed by atoms with Crippen molar-refractivity contribution >= 4 is 11.4 Å². The monoisotopic (exact) mass is 246 g/mol. The predicted octanol–water partition coefficient (Wildman–Crippen LogP) is 2.60. The molecule has 6 nitrogen and oxygen atoms in total.